The van der Waals surface area contributed by atoms with Gasteiger partial charge in [0, 0.05) is 50.5 Å². The van der Waals surface area contributed by atoms with Gasteiger partial charge in [0.1, 0.15) is 5.75 Å². The van der Waals surface area contributed by atoms with Gasteiger partial charge in [0.25, 0.3) is 0 Å². The standard InChI is InChI=1S/C21H25F2N3O/c1-27-20-8-7-19(22)21(23)18(20)14-26-11-15-5-6-17(26)13-25(10-15)12-16-4-2-3-9-24-16/h2-4,7-9,15,17H,5-6,10-14H2,1H3/t15-,17+/m0/s1. The Morgan fingerprint density at radius 3 is 2.74 bits per heavy atom. The number of rotatable bonds is 5. The molecule has 6 heteroatoms. The Labute approximate surface area is 158 Å². The van der Waals surface area contributed by atoms with Crippen molar-refractivity contribution in [3.8, 4) is 5.75 Å². The van der Waals surface area contributed by atoms with Gasteiger partial charge in [-0.05, 0) is 43.0 Å². The van der Waals surface area contributed by atoms with Crippen molar-refractivity contribution in [1.82, 2.24) is 14.8 Å². The first-order valence-corrected chi connectivity index (χ1v) is 9.51. The predicted octanol–water partition coefficient (Wildman–Crippen LogP) is 3.46. The van der Waals surface area contributed by atoms with Crippen LogP contribution in [0.3, 0.4) is 0 Å². The van der Waals surface area contributed by atoms with Crippen LogP contribution in [0.2, 0.25) is 0 Å². The van der Waals surface area contributed by atoms with Gasteiger partial charge in [-0.3, -0.25) is 14.8 Å². The van der Waals surface area contributed by atoms with E-state index in [1.165, 1.54) is 19.6 Å². The zero-order valence-corrected chi connectivity index (χ0v) is 15.6. The Morgan fingerprint density at radius 2 is 1.96 bits per heavy atom. The number of benzene rings is 1. The van der Waals surface area contributed by atoms with Gasteiger partial charge < -0.3 is 4.74 Å². The molecule has 4 nitrogen and oxygen atoms in total. The molecule has 0 saturated carbocycles. The molecule has 0 radical (unpaired) electrons. The largest absolute Gasteiger partial charge is 0.496 e. The number of ether oxygens (including phenoxy) is 1. The minimum Gasteiger partial charge on any atom is -0.496 e. The highest BCUT2D eigenvalue weighted by Crippen LogP contribution is 2.32. The number of methoxy groups -OCH3 is 1. The van der Waals surface area contributed by atoms with Gasteiger partial charge in [-0.1, -0.05) is 6.07 Å². The first kappa shape index (κ1) is 18.3. The molecule has 27 heavy (non-hydrogen) atoms. The third kappa shape index (κ3) is 3.96. The second-order valence-electron chi connectivity index (χ2n) is 7.58. The third-order valence-corrected chi connectivity index (χ3v) is 5.75. The van der Waals surface area contributed by atoms with Crippen molar-refractivity contribution in [2.45, 2.75) is 32.0 Å². The van der Waals surface area contributed by atoms with E-state index in [4.69, 9.17) is 4.74 Å². The zero-order chi connectivity index (χ0) is 18.8. The van der Waals surface area contributed by atoms with E-state index in [1.807, 2.05) is 18.3 Å². The van der Waals surface area contributed by atoms with Crippen molar-refractivity contribution < 1.29 is 13.5 Å². The quantitative estimate of drug-likeness (QED) is 0.803. The topological polar surface area (TPSA) is 28.6 Å². The fraction of sp³-hybridized carbons (Fsp3) is 0.476. The molecule has 2 atom stereocenters. The maximum absolute atomic E-state index is 14.4. The summed E-state index contributed by atoms with van der Waals surface area (Å²) in [6, 6.07) is 8.97. The molecule has 144 valence electrons. The van der Waals surface area contributed by atoms with Crippen molar-refractivity contribution in [2.24, 2.45) is 5.92 Å². The molecule has 5 rings (SSSR count). The number of halogens is 2. The van der Waals surface area contributed by atoms with Crippen molar-refractivity contribution in [2.75, 3.05) is 26.7 Å². The highest BCUT2D eigenvalue weighted by Gasteiger charge is 2.35. The molecule has 0 amide bonds. The van der Waals surface area contributed by atoms with Crippen molar-refractivity contribution in [3.05, 3.63) is 59.4 Å². The molecule has 1 aromatic heterocycles. The Hall–Kier alpha value is -2.05. The summed E-state index contributed by atoms with van der Waals surface area (Å²) in [5, 5.41) is 0. The van der Waals surface area contributed by atoms with Crippen LogP contribution in [-0.2, 0) is 13.1 Å². The van der Waals surface area contributed by atoms with Crippen LogP contribution >= 0.6 is 0 Å². The molecule has 1 aromatic carbocycles. The van der Waals surface area contributed by atoms with E-state index >= 15 is 0 Å². The molecule has 0 unspecified atom stereocenters. The van der Waals surface area contributed by atoms with E-state index < -0.39 is 11.6 Å². The van der Waals surface area contributed by atoms with E-state index in [0.29, 0.717) is 29.8 Å². The first-order valence-electron chi connectivity index (χ1n) is 9.51. The van der Waals surface area contributed by atoms with Crippen LogP contribution in [0.15, 0.2) is 36.5 Å². The molecule has 3 aliphatic rings. The molecule has 0 aliphatic carbocycles. The molecule has 4 heterocycles. The number of hydrogen-bond donors (Lipinski definition) is 0. The van der Waals surface area contributed by atoms with Crippen LogP contribution in [-0.4, -0.2) is 47.6 Å². The number of aromatic nitrogens is 1. The number of hydrogen-bond acceptors (Lipinski definition) is 4. The third-order valence-electron chi connectivity index (χ3n) is 5.75. The highest BCUT2D eigenvalue weighted by molar-refractivity contribution is 5.35. The van der Waals surface area contributed by atoms with Gasteiger partial charge in [0.05, 0.1) is 12.8 Å². The molecule has 2 aromatic rings. The van der Waals surface area contributed by atoms with Gasteiger partial charge in [0.15, 0.2) is 11.6 Å². The summed E-state index contributed by atoms with van der Waals surface area (Å²) in [6.45, 7) is 4.06. The summed E-state index contributed by atoms with van der Waals surface area (Å²) in [5.41, 5.74) is 1.39. The lowest BCUT2D eigenvalue weighted by atomic mass is 9.94. The second-order valence-corrected chi connectivity index (χ2v) is 7.58. The fourth-order valence-electron chi connectivity index (χ4n) is 4.44. The number of piperidine rings is 1. The second kappa shape index (κ2) is 7.90. The molecule has 3 fully saturated rings. The Morgan fingerprint density at radius 1 is 1.07 bits per heavy atom. The van der Waals surface area contributed by atoms with Gasteiger partial charge in [-0.15, -0.1) is 0 Å². The van der Waals surface area contributed by atoms with E-state index in [-0.39, 0.29) is 0 Å². The maximum atomic E-state index is 14.4. The van der Waals surface area contributed by atoms with E-state index in [0.717, 1.165) is 44.4 Å². The normalized spacial score (nSPS) is 23.4. The van der Waals surface area contributed by atoms with Crippen LogP contribution in [0.25, 0.3) is 0 Å². The predicted molar refractivity (Wildman–Crippen MR) is 99.3 cm³/mol. The SMILES string of the molecule is COc1ccc(F)c(F)c1CN1C[C@H]2CC[C@@H]1CN(Cc1ccccn1)C2. The Bertz CT molecular complexity index is 786. The van der Waals surface area contributed by atoms with Crippen molar-refractivity contribution in [3.63, 3.8) is 0 Å². The zero-order valence-electron chi connectivity index (χ0n) is 15.6. The summed E-state index contributed by atoms with van der Waals surface area (Å²) in [7, 11) is 1.50. The summed E-state index contributed by atoms with van der Waals surface area (Å²) >= 11 is 0. The van der Waals surface area contributed by atoms with Crippen LogP contribution < -0.4 is 4.74 Å². The number of pyridine rings is 1. The monoisotopic (exact) mass is 373 g/mol. The number of fused-ring (bicyclic) bond motifs is 4. The molecule has 3 aliphatic heterocycles. The first-order chi connectivity index (χ1) is 13.1. The lowest BCUT2D eigenvalue weighted by Crippen LogP contribution is -2.43. The summed E-state index contributed by atoms with van der Waals surface area (Å²) < 4.78 is 33.5. The molecular formula is C21H25F2N3O. The van der Waals surface area contributed by atoms with Crippen LogP contribution in [0, 0.1) is 17.6 Å². The van der Waals surface area contributed by atoms with Crippen molar-refractivity contribution in [1.29, 1.82) is 0 Å². The fourth-order valence-corrected chi connectivity index (χ4v) is 4.44. The van der Waals surface area contributed by atoms with E-state index in [1.54, 1.807) is 0 Å². The molecule has 3 saturated heterocycles. The Balaban J connectivity index is 1.51. The molecule has 0 spiro atoms. The molecule has 0 N–H and O–H groups in total. The van der Waals surface area contributed by atoms with Crippen LogP contribution in [0.4, 0.5) is 8.78 Å². The molecular weight excluding hydrogens is 348 g/mol. The smallest absolute Gasteiger partial charge is 0.167 e. The lowest BCUT2D eigenvalue weighted by molar-refractivity contribution is 0.120. The van der Waals surface area contributed by atoms with Gasteiger partial charge >= 0.3 is 0 Å². The summed E-state index contributed by atoms with van der Waals surface area (Å²) in [6.07, 6.45) is 4.10. The summed E-state index contributed by atoms with van der Waals surface area (Å²) in [4.78, 5) is 9.19. The maximum Gasteiger partial charge on any atom is 0.167 e. The van der Waals surface area contributed by atoms with Crippen LogP contribution in [0.1, 0.15) is 24.1 Å². The average molecular weight is 373 g/mol. The van der Waals surface area contributed by atoms with Gasteiger partial charge in [-0.2, -0.15) is 0 Å². The lowest BCUT2D eigenvalue weighted by Gasteiger charge is -2.36. The molecule has 2 bridgehead atoms. The van der Waals surface area contributed by atoms with E-state index in [9.17, 15) is 8.78 Å². The van der Waals surface area contributed by atoms with Gasteiger partial charge in [-0.25, -0.2) is 8.78 Å². The van der Waals surface area contributed by atoms with Gasteiger partial charge in [0.2, 0.25) is 0 Å². The minimum absolute atomic E-state index is 0.321. The number of nitrogens with zero attached hydrogens (tertiary/aromatic N) is 3. The van der Waals surface area contributed by atoms with Crippen LogP contribution in [0.5, 0.6) is 5.75 Å². The highest BCUT2D eigenvalue weighted by atomic mass is 19.2. The summed E-state index contributed by atoms with van der Waals surface area (Å²) in [5.74, 6) is -0.656. The minimum atomic E-state index is -0.817. The van der Waals surface area contributed by atoms with E-state index in [2.05, 4.69) is 20.9 Å². The van der Waals surface area contributed by atoms with Crippen molar-refractivity contribution >= 4 is 0 Å². The Kier molecular flexibility index (Phi) is 5.36. The average Bonchev–Trinajstić information content (AvgIpc) is 2.97.